The number of thioether (sulfide) groups is 1. The van der Waals surface area contributed by atoms with Gasteiger partial charge in [-0.05, 0) is 67.2 Å². The van der Waals surface area contributed by atoms with Crippen molar-refractivity contribution in [2.75, 3.05) is 12.4 Å². The van der Waals surface area contributed by atoms with Gasteiger partial charge in [-0.2, -0.15) is 0 Å². The molecule has 0 radical (unpaired) electrons. The van der Waals surface area contributed by atoms with Crippen molar-refractivity contribution in [1.29, 1.82) is 0 Å². The number of benzene rings is 2. The van der Waals surface area contributed by atoms with Crippen LogP contribution >= 0.6 is 27.7 Å². The molecule has 0 fully saturated rings. The summed E-state index contributed by atoms with van der Waals surface area (Å²) in [6.07, 6.45) is 7.32. The molecule has 2 aromatic rings. The van der Waals surface area contributed by atoms with Gasteiger partial charge in [0, 0.05) is 33.4 Å². The first-order chi connectivity index (χ1) is 14.2. The van der Waals surface area contributed by atoms with Crippen LogP contribution in [0.3, 0.4) is 0 Å². The second-order valence-electron chi connectivity index (χ2n) is 9.27. The summed E-state index contributed by atoms with van der Waals surface area (Å²) in [7, 11) is 1.97. The number of nitrogens with one attached hydrogen (secondary N) is 1. The molecule has 3 heteroatoms. The molecule has 3 aliphatic rings. The van der Waals surface area contributed by atoms with E-state index in [1.54, 1.807) is 0 Å². The second-order valence-corrected chi connectivity index (χ2v) is 12.0. The summed E-state index contributed by atoms with van der Waals surface area (Å²) < 4.78 is -0.150. The van der Waals surface area contributed by atoms with Crippen LogP contribution in [0.15, 0.2) is 87.7 Å². The molecule has 4 atom stereocenters. The number of fused-ring (bicyclic) bond motifs is 4. The molecule has 1 aliphatic heterocycles. The Morgan fingerprint density at radius 2 is 1.70 bits per heavy atom. The lowest BCUT2D eigenvalue weighted by molar-refractivity contribution is 0.493. The molecule has 5 rings (SSSR count). The summed E-state index contributed by atoms with van der Waals surface area (Å²) in [5.74, 6) is 0.390. The van der Waals surface area contributed by atoms with Crippen LogP contribution in [0.5, 0.6) is 0 Å². The van der Waals surface area contributed by atoms with Gasteiger partial charge in [-0.1, -0.05) is 83.2 Å². The van der Waals surface area contributed by atoms with Gasteiger partial charge in [0.15, 0.2) is 0 Å². The molecular weight excluding hydrogens is 450 g/mol. The van der Waals surface area contributed by atoms with E-state index in [1.165, 1.54) is 32.1 Å². The fourth-order valence-corrected chi connectivity index (χ4v) is 8.22. The first-order valence-corrected chi connectivity index (χ1v) is 12.3. The third-order valence-corrected chi connectivity index (χ3v) is 9.28. The number of hydrogen-bond acceptors (Lipinski definition) is 2. The molecule has 0 spiro atoms. The monoisotopic (exact) mass is 477 g/mol. The Labute approximate surface area is 192 Å². The molecule has 1 heterocycles. The van der Waals surface area contributed by atoms with Crippen LogP contribution in [0.25, 0.3) is 0 Å². The molecule has 0 aromatic heterocycles. The van der Waals surface area contributed by atoms with Crippen LogP contribution in [-0.2, 0) is 10.8 Å². The fourth-order valence-electron chi connectivity index (χ4n) is 5.80. The van der Waals surface area contributed by atoms with Gasteiger partial charge in [0.2, 0.25) is 0 Å². The van der Waals surface area contributed by atoms with Gasteiger partial charge in [-0.15, -0.1) is 0 Å². The van der Waals surface area contributed by atoms with Gasteiger partial charge in [0.05, 0.1) is 4.32 Å². The van der Waals surface area contributed by atoms with E-state index in [-0.39, 0.29) is 15.2 Å². The van der Waals surface area contributed by atoms with E-state index in [0.29, 0.717) is 5.92 Å². The van der Waals surface area contributed by atoms with Gasteiger partial charge in [-0.3, -0.25) is 0 Å². The molecule has 154 valence electrons. The SMILES string of the molecule is CNc1ccc(C2(C)C=CC(C)C3=C2C2(C)C(=CC3(C)Br)Sc3ccccc32)cc1. The highest BCUT2D eigenvalue weighted by Gasteiger charge is 2.55. The van der Waals surface area contributed by atoms with Crippen molar-refractivity contribution in [2.24, 2.45) is 5.92 Å². The molecule has 0 bridgehead atoms. The molecule has 0 saturated heterocycles. The highest BCUT2D eigenvalue weighted by Crippen LogP contribution is 2.66. The zero-order valence-electron chi connectivity index (χ0n) is 18.2. The van der Waals surface area contributed by atoms with Gasteiger partial charge >= 0.3 is 0 Å². The van der Waals surface area contributed by atoms with Crippen LogP contribution in [-0.4, -0.2) is 11.4 Å². The molecule has 2 aromatic carbocycles. The minimum atomic E-state index is -0.171. The topological polar surface area (TPSA) is 12.0 Å². The van der Waals surface area contributed by atoms with Crippen LogP contribution in [0.4, 0.5) is 5.69 Å². The number of halogens is 1. The minimum Gasteiger partial charge on any atom is -0.388 e. The van der Waals surface area contributed by atoms with Crippen LogP contribution < -0.4 is 5.32 Å². The number of alkyl halides is 1. The normalized spacial score (nSPS) is 34.2. The van der Waals surface area contributed by atoms with Crippen molar-refractivity contribution < 1.29 is 0 Å². The predicted octanol–water partition coefficient (Wildman–Crippen LogP) is 7.60. The van der Waals surface area contributed by atoms with Crippen LogP contribution in [0.1, 0.15) is 38.8 Å². The lowest BCUT2D eigenvalue weighted by Crippen LogP contribution is -2.45. The lowest BCUT2D eigenvalue weighted by atomic mass is 9.54. The Morgan fingerprint density at radius 1 is 1.00 bits per heavy atom. The van der Waals surface area contributed by atoms with E-state index in [1.807, 2.05) is 18.8 Å². The Bertz CT molecular complexity index is 1120. The molecule has 0 amide bonds. The molecular formula is C27H28BrNS. The van der Waals surface area contributed by atoms with Gasteiger partial charge in [0.25, 0.3) is 0 Å². The zero-order chi connectivity index (χ0) is 21.3. The molecule has 30 heavy (non-hydrogen) atoms. The molecule has 0 saturated carbocycles. The Morgan fingerprint density at radius 3 is 2.40 bits per heavy atom. The fraction of sp³-hybridized carbons (Fsp3) is 0.333. The third kappa shape index (κ3) is 2.61. The van der Waals surface area contributed by atoms with E-state index >= 15 is 0 Å². The summed E-state index contributed by atoms with van der Waals surface area (Å²) in [5.41, 5.74) is 6.70. The summed E-state index contributed by atoms with van der Waals surface area (Å²) in [6, 6.07) is 17.9. The summed E-state index contributed by atoms with van der Waals surface area (Å²) >= 11 is 6.08. The van der Waals surface area contributed by atoms with Crippen LogP contribution in [0.2, 0.25) is 0 Å². The van der Waals surface area contributed by atoms with Crippen LogP contribution in [0, 0.1) is 5.92 Å². The molecule has 1 N–H and O–H groups in total. The highest BCUT2D eigenvalue weighted by atomic mass is 79.9. The van der Waals surface area contributed by atoms with Crippen molar-refractivity contribution in [3.63, 3.8) is 0 Å². The van der Waals surface area contributed by atoms with Gasteiger partial charge in [0.1, 0.15) is 0 Å². The van der Waals surface area contributed by atoms with Crippen molar-refractivity contribution >= 4 is 33.4 Å². The largest absolute Gasteiger partial charge is 0.388 e. The van der Waals surface area contributed by atoms with Crippen molar-refractivity contribution in [3.05, 3.63) is 93.9 Å². The maximum atomic E-state index is 4.14. The first-order valence-electron chi connectivity index (χ1n) is 10.6. The van der Waals surface area contributed by atoms with Crippen molar-refractivity contribution in [2.45, 2.75) is 47.7 Å². The van der Waals surface area contributed by atoms with Gasteiger partial charge < -0.3 is 5.32 Å². The second kappa shape index (κ2) is 6.64. The Hall–Kier alpha value is -1.71. The van der Waals surface area contributed by atoms with Crippen molar-refractivity contribution in [3.8, 4) is 0 Å². The number of anilines is 1. The smallest absolute Gasteiger partial charge is 0.0637 e. The number of allylic oxidation sites excluding steroid dienone is 6. The standard InChI is InChI=1S/C27H28BrNS/c1-17-14-15-25(2,18-10-12-19(29-5)13-11-18)24-23(17)26(3,28)16-22-27(24,4)20-8-6-7-9-21(20)30-22/h6-17,29H,1-5H3. The maximum Gasteiger partial charge on any atom is 0.0637 e. The van der Waals surface area contributed by atoms with E-state index in [9.17, 15) is 0 Å². The average Bonchev–Trinajstić information content (AvgIpc) is 3.02. The Balaban J connectivity index is 1.82. The summed E-state index contributed by atoms with van der Waals surface area (Å²) in [6.45, 7) is 9.51. The van der Waals surface area contributed by atoms with Gasteiger partial charge in [-0.25, -0.2) is 0 Å². The van der Waals surface area contributed by atoms with E-state index in [4.69, 9.17) is 0 Å². The molecule has 4 unspecified atom stereocenters. The van der Waals surface area contributed by atoms with E-state index < -0.39 is 0 Å². The molecule has 2 aliphatic carbocycles. The highest BCUT2D eigenvalue weighted by molar-refractivity contribution is 9.10. The van der Waals surface area contributed by atoms with E-state index in [0.717, 1.165) is 5.69 Å². The third-order valence-electron chi connectivity index (χ3n) is 7.30. The quantitative estimate of drug-likeness (QED) is 0.352. The lowest BCUT2D eigenvalue weighted by Gasteiger charge is -2.51. The number of rotatable bonds is 2. The maximum absolute atomic E-state index is 4.14. The van der Waals surface area contributed by atoms with E-state index in [2.05, 4.69) is 116 Å². The first kappa shape index (κ1) is 20.2. The summed E-state index contributed by atoms with van der Waals surface area (Å²) in [4.78, 5) is 2.83. The van der Waals surface area contributed by atoms with Crippen molar-refractivity contribution in [1.82, 2.24) is 0 Å². The average molecular weight is 478 g/mol. The summed E-state index contributed by atoms with van der Waals surface area (Å²) in [5, 5.41) is 3.25. The number of hydrogen-bond donors (Lipinski definition) is 1. The molecule has 1 nitrogen and oxygen atoms in total. The Kier molecular flexibility index (Phi) is 4.47. The minimum absolute atomic E-state index is 0.112. The predicted molar refractivity (Wildman–Crippen MR) is 134 cm³/mol. The zero-order valence-corrected chi connectivity index (χ0v) is 20.6.